The maximum absolute atomic E-state index is 9.75. The lowest BCUT2D eigenvalue weighted by atomic mass is 10.1. The lowest BCUT2D eigenvalue weighted by Crippen LogP contribution is -2.37. The molecule has 4 nitrogen and oxygen atoms in total. The number of hydrogen-bond acceptors (Lipinski definition) is 2. The van der Waals surface area contributed by atoms with Gasteiger partial charge in [-0.25, -0.2) is 0 Å². The third kappa shape index (κ3) is 4.04. The molecule has 0 saturated carbocycles. The number of hydrogen-bond donors (Lipinski definition) is 0. The largest absolute Gasteiger partial charge is 0.673 e. The Labute approximate surface area is 177 Å². The van der Waals surface area contributed by atoms with Gasteiger partial charge in [0, 0.05) is 11.4 Å². The Bertz CT molecular complexity index is 1060. The van der Waals surface area contributed by atoms with Crippen LogP contribution in [-0.4, -0.2) is 23.1 Å². The highest BCUT2D eigenvalue weighted by molar-refractivity contribution is 6.50. The molecule has 0 fully saturated rings. The molecule has 2 aliphatic rings. The lowest BCUT2D eigenvalue weighted by Gasteiger charge is -2.07. The standard InChI is InChI=1S/C17H11Cl3N3O.BF4/c18-10-6-12(19)16(13(20)7-10)23-8-22-15-11-4-2-1-3-9(11)5-14(15)24-17(22)21-23;2-1(3,4)5/h1-4,6-8,14-15H,5H2;/q+1;-1/t14-,15+;/m0./s1. The van der Waals surface area contributed by atoms with E-state index < -0.39 is 7.25 Å². The Morgan fingerprint density at radius 2 is 1.69 bits per heavy atom. The van der Waals surface area contributed by atoms with Crippen LogP contribution in [0.4, 0.5) is 17.3 Å². The van der Waals surface area contributed by atoms with Crippen LogP contribution in [0.5, 0.6) is 6.01 Å². The first-order valence-electron chi connectivity index (χ1n) is 8.39. The molecule has 1 aliphatic heterocycles. The highest BCUT2D eigenvalue weighted by Crippen LogP contribution is 2.38. The molecule has 2 aromatic carbocycles. The van der Waals surface area contributed by atoms with E-state index in [4.69, 9.17) is 39.5 Å². The van der Waals surface area contributed by atoms with Crippen molar-refractivity contribution in [3.05, 3.63) is 68.9 Å². The quantitative estimate of drug-likeness (QED) is 0.276. The first kappa shape index (κ1) is 20.3. The Balaban J connectivity index is 0.000000369. The van der Waals surface area contributed by atoms with Gasteiger partial charge in [-0.05, 0) is 23.3 Å². The normalized spacial score (nSPS) is 19.0. The van der Waals surface area contributed by atoms with Crippen LogP contribution < -0.4 is 9.30 Å². The first-order chi connectivity index (χ1) is 13.6. The zero-order chi connectivity index (χ0) is 20.9. The zero-order valence-corrected chi connectivity index (χ0v) is 16.6. The molecule has 0 saturated heterocycles. The average Bonchev–Trinajstić information content (AvgIpc) is 3.20. The average molecular weight is 466 g/mol. The summed E-state index contributed by atoms with van der Waals surface area (Å²) in [5.74, 6) is 0. The summed E-state index contributed by atoms with van der Waals surface area (Å²) < 4.78 is 48.7. The van der Waals surface area contributed by atoms with E-state index in [-0.39, 0.29) is 12.1 Å². The Kier molecular flexibility index (Phi) is 5.17. The van der Waals surface area contributed by atoms with Gasteiger partial charge in [-0.2, -0.15) is 4.57 Å². The van der Waals surface area contributed by atoms with Gasteiger partial charge < -0.3 is 22.0 Å². The maximum Gasteiger partial charge on any atom is 0.673 e. The van der Waals surface area contributed by atoms with E-state index in [0.29, 0.717) is 26.8 Å². The van der Waals surface area contributed by atoms with E-state index in [1.807, 2.05) is 10.9 Å². The smallest absolute Gasteiger partial charge is 0.431 e. The van der Waals surface area contributed by atoms with Crippen molar-refractivity contribution in [2.24, 2.45) is 0 Å². The summed E-state index contributed by atoms with van der Waals surface area (Å²) in [5.41, 5.74) is 3.19. The molecule has 152 valence electrons. The monoisotopic (exact) mass is 465 g/mol. The van der Waals surface area contributed by atoms with Crippen molar-refractivity contribution in [3.8, 4) is 11.7 Å². The molecular weight excluding hydrogens is 455 g/mol. The minimum absolute atomic E-state index is 0.0933. The summed E-state index contributed by atoms with van der Waals surface area (Å²) in [6, 6.07) is 12.4. The summed E-state index contributed by atoms with van der Waals surface area (Å²) >= 11 is 18.6. The predicted octanol–water partition coefficient (Wildman–Crippen LogP) is 5.33. The molecule has 1 aliphatic carbocycles. The second-order valence-electron chi connectivity index (χ2n) is 6.47. The molecule has 0 spiro atoms. The fraction of sp³-hybridized carbons (Fsp3) is 0.176. The van der Waals surface area contributed by atoms with Crippen molar-refractivity contribution in [1.82, 2.24) is 9.78 Å². The number of rotatable bonds is 1. The fourth-order valence-corrected chi connectivity index (χ4v) is 4.57. The number of ether oxygens (including phenoxy) is 1. The molecule has 0 bridgehead atoms. The zero-order valence-electron chi connectivity index (χ0n) is 14.4. The second-order valence-corrected chi connectivity index (χ2v) is 7.72. The Hall–Kier alpha value is -1.97. The van der Waals surface area contributed by atoms with E-state index in [1.165, 1.54) is 11.1 Å². The van der Waals surface area contributed by atoms with Crippen molar-refractivity contribution in [2.75, 3.05) is 0 Å². The SMILES string of the molecule is Clc1cc(Cl)c(-n2c[n+]3c(n2)O[C@H]2Cc4ccccc4[C@H]23)c(Cl)c1.F[B-](F)(F)F. The number of aromatic nitrogens is 3. The van der Waals surface area contributed by atoms with Crippen molar-refractivity contribution in [1.29, 1.82) is 0 Å². The maximum atomic E-state index is 9.75. The van der Waals surface area contributed by atoms with E-state index in [1.54, 1.807) is 16.8 Å². The summed E-state index contributed by atoms with van der Waals surface area (Å²) in [6.07, 6.45) is 2.87. The van der Waals surface area contributed by atoms with Gasteiger partial charge in [0.2, 0.25) is 6.33 Å². The van der Waals surface area contributed by atoms with Crippen LogP contribution in [-0.2, 0) is 6.42 Å². The minimum atomic E-state index is -6.00. The molecule has 1 aromatic heterocycles. The molecule has 29 heavy (non-hydrogen) atoms. The van der Waals surface area contributed by atoms with Gasteiger partial charge >= 0.3 is 13.3 Å². The van der Waals surface area contributed by atoms with Crippen molar-refractivity contribution in [3.63, 3.8) is 0 Å². The Morgan fingerprint density at radius 1 is 1.07 bits per heavy atom. The van der Waals surface area contributed by atoms with Gasteiger partial charge in [0.05, 0.1) is 15.1 Å². The topological polar surface area (TPSA) is 30.9 Å². The van der Waals surface area contributed by atoms with Crippen LogP contribution in [0.1, 0.15) is 17.2 Å². The third-order valence-electron chi connectivity index (χ3n) is 4.56. The number of benzene rings is 2. The third-order valence-corrected chi connectivity index (χ3v) is 5.36. The molecular formula is C17H11BCl3F4N3O. The van der Waals surface area contributed by atoms with Crippen LogP contribution in [0.25, 0.3) is 5.69 Å². The molecule has 0 unspecified atom stereocenters. The summed E-state index contributed by atoms with van der Waals surface area (Å²) in [6.45, 7) is 0. The van der Waals surface area contributed by atoms with Crippen LogP contribution >= 0.6 is 34.8 Å². The molecule has 0 amide bonds. The molecule has 2 heterocycles. The summed E-state index contributed by atoms with van der Waals surface area (Å²) in [5, 5.41) is 5.89. The number of halogens is 7. The van der Waals surface area contributed by atoms with Crippen molar-refractivity contribution >= 4 is 42.1 Å². The molecule has 2 atom stereocenters. The van der Waals surface area contributed by atoms with Gasteiger partial charge in [-0.15, -0.1) is 0 Å². The van der Waals surface area contributed by atoms with Crippen molar-refractivity contribution in [2.45, 2.75) is 18.6 Å². The second kappa shape index (κ2) is 7.38. The molecule has 0 radical (unpaired) electrons. The van der Waals surface area contributed by atoms with Gasteiger partial charge in [0.15, 0.2) is 5.69 Å². The van der Waals surface area contributed by atoms with Crippen LogP contribution in [0, 0.1) is 0 Å². The van der Waals surface area contributed by atoms with E-state index >= 15 is 0 Å². The fourth-order valence-electron chi connectivity index (χ4n) is 3.58. The summed E-state index contributed by atoms with van der Waals surface area (Å²) in [4.78, 5) is 0. The number of nitrogens with zero attached hydrogens (tertiary/aromatic N) is 3. The van der Waals surface area contributed by atoms with Crippen LogP contribution in [0.15, 0.2) is 42.7 Å². The number of fused-ring (bicyclic) bond motifs is 5. The van der Waals surface area contributed by atoms with Crippen LogP contribution in [0.2, 0.25) is 15.1 Å². The molecule has 12 heteroatoms. The highest BCUT2D eigenvalue weighted by Gasteiger charge is 2.48. The van der Waals surface area contributed by atoms with Gasteiger partial charge in [-0.3, -0.25) is 0 Å². The van der Waals surface area contributed by atoms with E-state index in [9.17, 15) is 17.3 Å². The summed E-state index contributed by atoms with van der Waals surface area (Å²) in [7, 11) is -6.00. The Morgan fingerprint density at radius 3 is 2.34 bits per heavy atom. The van der Waals surface area contributed by atoms with E-state index in [0.717, 1.165) is 6.42 Å². The lowest BCUT2D eigenvalue weighted by molar-refractivity contribution is -0.698. The molecule has 5 rings (SSSR count). The molecule has 3 aromatic rings. The predicted molar refractivity (Wildman–Crippen MR) is 102 cm³/mol. The van der Waals surface area contributed by atoms with Crippen LogP contribution in [0.3, 0.4) is 0 Å². The highest BCUT2D eigenvalue weighted by atomic mass is 35.5. The van der Waals surface area contributed by atoms with Gasteiger partial charge in [-0.1, -0.05) is 63.8 Å². The van der Waals surface area contributed by atoms with Gasteiger partial charge in [0.1, 0.15) is 12.1 Å². The van der Waals surface area contributed by atoms with E-state index in [2.05, 4.69) is 29.4 Å². The first-order valence-corrected chi connectivity index (χ1v) is 9.52. The minimum Gasteiger partial charge on any atom is -0.431 e. The molecule has 0 N–H and O–H groups in total. The van der Waals surface area contributed by atoms with Gasteiger partial charge in [0.25, 0.3) is 0 Å². The van der Waals surface area contributed by atoms with Crippen molar-refractivity contribution < 1.29 is 26.6 Å².